The predicted octanol–water partition coefficient (Wildman–Crippen LogP) is 2.60. The Hall–Kier alpha value is -2.36. The van der Waals surface area contributed by atoms with E-state index in [1.54, 1.807) is 12.4 Å². The Labute approximate surface area is 117 Å². The number of benzene rings is 1. The summed E-state index contributed by atoms with van der Waals surface area (Å²) >= 11 is 0. The van der Waals surface area contributed by atoms with E-state index in [4.69, 9.17) is 0 Å². The summed E-state index contributed by atoms with van der Waals surface area (Å²) in [7, 11) is 0. The zero-order valence-electron chi connectivity index (χ0n) is 11.5. The van der Waals surface area contributed by atoms with Gasteiger partial charge in [-0.3, -0.25) is 9.38 Å². The van der Waals surface area contributed by atoms with Crippen LogP contribution in [-0.2, 0) is 13.0 Å². The van der Waals surface area contributed by atoms with Crippen molar-refractivity contribution in [2.75, 3.05) is 11.4 Å². The number of imidazole rings is 1. The highest BCUT2D eigenvalue weighted by Gasteiger charge is 2.20. The number of anilines is 1. The van der Waals surface area contributed by atoms with E-state index in [0.29, 0.717) is 0 Å². The molecule has 3 heterocycles. The minimum absolute atomic E-state index is 0.891. The van der Waals surface area contributed by atoms with Crippen LogP contribution in [0.3, 0.4) is 0 Å². The van der Waals surface area contributed by atoms with Gasteiger partial charge in [0.2, 0.25) is 0 Å². The molecule has 0 amide bonds. The van der Waals surface area contributed by atoms with Crippen LogP contribution in [0.4, 0.5) is 5.69 Å². The molecule has 3 aromatic rings. The van der Waals surface area contributed by atoms with Crippen molar-refractivity contribution in [3.63, 3.8) is 0 Å². The Morgan fingerprint density at radius 1 is 1.25 bits per heavy atom. The van der Waals surface area contributed by atoms with E-state index < -0.39 is 0 Å². The molecule has 0 atom stereocenters. The van der Waals surface area contributed by atoms with Crippen LogP contribution in [0.5, 0.6) is 0 Å². The molecule has 0 fully saturated rings. The number of hydrogen-bond donors (Lipinski definition) is 0. The summed E-state index contributed by atoms with van der Waals surface area (Å²) in [6.45, 7) is 4.12. The molecule has 0 N–H and O–H groups in total. The van der Waals surface area contributed by atoms with Crippen LogP contribution in [0, 0.1) is 6.92 Å². The van der Waals surface area contributed by atoms with Gasteiger partial charge < -0.3 is 4.90 Å². The van der Waals surface area contributed by atoms with Crippen molar-refractivity contribution in [3.8, 4) is 0 Å². The normalized spacial score (nSPS) is 13.9. The van der Waals surface area contributed by atoms with Crippen molar-refractivity contribution in [1.29, 1.82) is 0 Å². The molecule has 0 aliphatic carbocycles. The number of rotatable bonds is 2. The lowest BCUT2D eigenvalue weighted by molar-refractivity contribution is 0.805. The third kappa shape index (κ3) is 1.76. The molecule has 4 heteroatoms. The maximum Gasteiger partial charge on any atom is 0.155 e. The Morgan fingerprint density at radius 3 is 3.15 bits per heavy atom. The van der Waals surface area contributed by atoms with Crippen LogP contribution < -0.4 is 4.90 Å². The van der Waals surface area contributed by atoms with E-state index >= 15 is 0 Å². The first-order chi connectivity index (χ1) is 9.81. The summed E-state index contributed by atoms with van der Waals surface area (Å²) in [5.41, 5.74) is 6.25. The van der Waals surface area contributed by atoms with Gasteiger partial charge in [-0.1, -0.05) is 12.1 Å². The molecule has 0 saturated heterocycles. The largest absolute Gasteiger partial charge is 0.365 e. The third-order valence-corrected chi connectivity index (χ3v) is 3.98. The molecule has 4 nitrogen and oxygen atoms in total. The van der Waals surface area contributed by atoms with Crippen LogP contribution in [-0.4, -0.2) is 20.9 Å². The van der Waals surface area contributed by atoms with Crippen LogP contribution in [0.15, 0.2) is 43.0 Å². The molecule has 1 aromatic carbocycles. The molecule has 4 rings (SSSR count). The summed E-state index contributed by atoms with van der Waals surface area (Å²) in [5, 5.41) is 0. The van der Waals surface area contributed by atoms with Gasteiger partial charge in [-0.15, -0.1) is 0 Å². The van der Waals surface area contributed by atoms with Crippen LogP contribution in [0.1, 0.15) is 16.8 Å². The summed E-state index contributed by atoms with van der Waals surface area (Å²) < 4.78 is 2.11. The highest BCUT2D eigenvalue weighted by molar-refractivity contribution is 5.59. The van der Waals surface area contributed by atoms with E-state index in [-0.39, 0.29) is 0 Å². The first kappa shape index (κ1) is 11.5. The molecule has 1 aliphatic rings. The smallest absolute Gasteiger partial charge is 0.155 e. The van der Waals surface area contributed by atoms with Crippen molar-refractivity contribution >= 4 is 11.3 Å². The maximum atomic E-state index is 4.41. The maximum absolute atomic E-state index is 4.41. The van der Waals surface area contributed by atoms with Crippen LogP contribution in [0.2, 0.25) is 0 Å². The number of aromatic nitrogens is 3. The number of nitrogens with zero attached hydrogens (tertiary/aromatic N) is 4. The fourth-order valence-corrected chi connectivity index (χ4v) is 2.93. The highest BCUT2D eigenvalue weighted by Crippen LogP contribution is 2.30. The van der Waals surface area contributed by atoms with Gasteiger partial charge in [0.1, 0.15) is 0 Å². The lowest BCUT2D eigenvalue weighted by Crippen LogP contribution is -2.20. The fraction of sp³-hybridized carbons (Fsp3) is 0.250. The Bertz CT molecular complexity index is 775. The van der Waals surface area contributed by atoms with Gasteiger partial charge in [-0.05, 0) is 30.5 Å². The van der Waals surface area contributed by atoms with Gasteiger partial charge >= 0.3 is 0 Å². The first-order valence-electron chi connectivity index (χ1n) is 6.92. The Morgan fingerprint density at radius 2 is 2.20 bits per heavy atom. The van der Waals surface area contributed by atoms with Gasteiger partial charge in [0.25, 0.3) is 0 Å². The van der Waals surface area contributed by atoms with E-state index in [0.717, 1.165) is 25.2 Å². The molecule has 0 spiro atoms. The molecule has 0 saturated carbocycles. The minimum atomic E-state index is 0.891. The van der Waals surface area contributed by atoms with Gasteiger partial charge in [0.05, 0.1) is 24.6 Å². The molecular weight excluding hydrogens is 248 g/mol. The Kier molecular flexibility index (Phi) is 2.49. The molecule has 20 heavy (non-hydrogen) atoms. The van der Waals surface area contributed by atoms with Crippen molar-refractivity contribution in [1.82, 2.24) is 14.4 Å². The quantitative estimate of drug-likeness (QED) is 0.713. The van der Waals surface area contributed by atoms with E-state index in [2.05, 4.69) is 44.4 Å². The predicted molar refractivity (Wildman–Crippen MR) is 78.9 cm³/mol. The molecule has 0 unspecified atom stereocenters. The van der Waals surface area contributed by atoms with Crippen LogP contribution in [0.25, 0.3) is 5.65 Å². The second-order valence-corrected chi connectivity index (χ2v) is 5.36. The van der Waals surface area contributed by atoms with E-state index in [9.17, 15) is 0 Å². The van der Waals surface area contributed by atoms with Crippen LogP contribution >= 0.6 is 0 Å². The standard InChI is InChI=1S/C16H16N4/c1-12-2-3-13-4-6-19(15(13)8-12)11-14-9-18-16-10-17-5-7-20(14)16/h2-3,5,7-10H,4,6,11H2,1H3. The molecule has 2 aromatic heterocycles. The van der Waals surface area contributed by atoms with Gasteiger partial charge in [-0.2, -0.15) is 0 Å². The molecule has 1 aliphatic heterocycles. The lowest BCUT2D eigenvalue weighted by Gasteiger charge is -2.19. The topological polar surface area (TPSA) is 33.4 Å². The SMILES string of the molecule is Cc1ccc2c(c1)N(Cc1cnc3cnccn13)CC2. The molecule has 100 valence electrons. The van der Waals surface area contributed by atoms with Gasteiger partial charge in [-0.25, -0.2) is 4.98 Å². The summed E-state index contributed by atoms with van der Waals surface area (Å²) in [6, 6.07) is 6.73. The fourth-order valence-electron chi connectivity index (χ4n) is 2.93. The molecule has 0 radical (unpaired) electrons. The lowest BCUT2D eigenvalue weighted by atomic mass is 10.1. The monoisotopic (exact) mass is 264 g/mol. The van der Waals surface area contributed by atoms with Gasteiger partial charge in [0, 0.05) is 24.6 Å². The van der Waals surface area contributed by atoms with Crippen molar-refractivity contribution < 1.29 is 0 Å². The van der Waals surface area contributed by atoms with Crippen molar-refractivity contribution in [3.05, 3.63) is 59.8 Å². The Balaban J connectivity index is 1.70. The third-order valence-electron chi connectivity index (χ3n) is 3.98. The summed E-state index contributed by atoms with van der Waals surface area (Å²) in [4.78, 5) is 11.0. The zero-order chi connectivity index (χ0) is 13.5. The second-order valence-electron chi connectivity index (χ2n) is 5.36. The number of fused-ring (bicyclic) bond motifs is 2. The molecular formula is C16H16N4. The number of hydrogen-bond acceptors (Lipinski definition) is 3. The highest BCUT2D eigenvalue weighted by atomic mass is 15.2. The minimum Gasteiger partial charge on any atom is -0.365 e. The zero-order valence-corrected chi connectivity index (χ0v) is 11.5. The average Bonchev–Trinajstić information content (AvgIpc) is 3.05. The van der Waals surface area contributed by atoms with E-state index in [1.165, 1.54) is 22.5 Å². The summed E-state index contributed by atoms with van der Waals surface area (Å²) in [6.07, 6.45) is 8.66. The number of aryl methyl sites for hydroxylation is 1. The summed E-state index contributed by atoms with van der Waals surface area (Å²) in [5.74, 6) is 0. The van der Waals surface area contributed by atoms with E-state index in [1.807, 2.05) is 12.4 Å². The average molecular weight is 264 g/mol. The van der Waals surface area contributed by atoms with Crippen molar-refractivity contribution in [2.45, 2.75) is 19.9 Å². The first-order valence-corrected chi connectivity index (χ1v) is 6.92. The second kappa shape index (κ2) is 4.34. The van der Waals surface area contributed by atoms with Gasteiger partial charge in [0.15, 0.2) is 5.65 Å². The molecule has 0 bridgehead atoms. The van der Waals surface area contributed by atoms with Crippen molar-refractivity contribution in [2.24, 2.45) is 0 Å².